The first-order valence-corrected chi connectivity index (χ1v) is 5.33. The summed E-state index contributed by atoms with van der Waals surface area (Å²) in [6.07, 6.45) is 0.755. The molecule has 0 aliphatic rings. The number of rotatable bonds is 4. The van der Waals surface area contributed by atoms with E-state index in [-0.39, 0.29) is 11.9 Å². The van der Waals surface area contributed by atoms with E-state index < -0.39 is 5.82 Å². The van der Waals surface area contributed by atoms with Crippen LogP contribution in [0.15, 0.2) is 24.3 Å². The zero-order valence-electron chi connectivity index (χ0n) is 8.47. The van der Waals surface area contributed by atoms with Gasteiger partial charge in [0.2, 0.25) is 0 Å². The molecular weight excluding hydrogens is 217 g/mol. The molecule has 1 unspecified atom stereocenters. The van der Waals surface area contributed by atoms with Crippen LogP contribution in [0.5, 0.6) is 0 Å². The van der Waals surface area contributed by atoms with Gasteiger partial charge in [0, 0.05) is 17.5 Å². The Balaban J connectivity index is 2.68. The van der Waals surface area contributed by atoms with E-state index in [1.165, 1.54) is 18.2 Å². The second-order valence-electron chi connectivity index (χ2n) is 3.24. The maximum absolute atomic E-state index is 12.8. The van der Waals surface area contributed by atoms with Gasteiger partial charge >= 0.3 is 0 Å². The van der Waals surface area contributed by atoms with Crippen molar-refractivity contribution in [3.8, 4) is 0 Å². The summed E-state index contributed by atoms with van der Waals surface area (Å²) < 4.78 is 12.8. The Kier molecular flexibility index (Phi) is 4.56. The van der Waals surface area contributed by atoms with Crippen LogP contribution in [-0.2, 0) is 0 Å². The number of nitrogens with one attached hydrogen (secondary N) is 1. The fourth-order valence-electron chi connectivity index (χ4n) is 1.15. The fraction of sp³-hybridized carbons (Fsp3) is 0.364. The van der Waals surface area contributed by atoms with Gasteiger partial charge in [-0.05, 0) is 24.6 Å². The smallest absolute Gasteiger partial charge is 0.251 e. The van der Waals surface area contributed by atoms with Gasteiger partial charge in [-0.3, -0.25) is 4.79 Å². The summed E-state index contributed by atoms with van der Waals surface area (Å²) in [6.45, 7) is 1.93. The van der Waals surface area contributed by atoms with Crippen LogP contribution in [0.3, 0.4) is 0 Å². The molecule has 1 rings (SSSR count). The predicted octanol–water partition coefficient (Wildman–Crippen LogP) is 2.57. The Morgan fingerprint density at radius 1 is 1.60 bits per heavy atom. The van der Waals surface area contributed by atoms with E-state index in [9.17, 15) is 9.18 Å². The first-order chi connectivity index (χ1) is 7.17. The van der Waals surface area contributed by atoms with E-state index in [1.807, 2.05) is 6.92 Å². The lowest BCUT2D eigenvalue weighted by molar-refractivity contribution is 0.0939. The van der Waals surface area contributed by atoms with Crippen LogP contribution in [0.1, 0.15) is 23.7 Å². The molecule has 0 spiro atoms. The van der Waals surface area contributed by atoms with Gasteiger partial charge in [0.1, 0.15) is 5.82 Å². The highest BCUT2D eigenvalue weighted by atomic mass is 35.5. The molecule has 82 valence electrons. The molecular formula is C11H13ClFNO. The van der Waals surface area contributed by atoms with Crippen molar-refractivity contribution in [3.63, 3.8) is 0 Å². The molecule has 0 bridgehead atoms. The molecule has 0 heterocycles. The third-order valence-corrected chi connectivity index (χ3v) is 2.47. The van der Waals surface area contributed by atoms with Gasteiger partial charge in [-0.25, -0.2) is 4.39 Å². The summed E-state index contributed by atoms with van der Waals surface area (Å²) in [5.74, 6) is -0.346. The minimum Gasteiger partial charge on any atom is -0.348 e. The van der Waals surface area contributed by atoms with Crippen molar-refractivity contribution in [2.24, 2.45) is 0 Å². The van der Waals surface area contributed by atoms with Gasteiger partial charge in [0.05, 0.1) is 0 Å². The third-order valence-electron chi connectivity index (χ3n) is 2.10. The summed E-state index contributed by atoms with van der Waals surface area (Å²) in [6, 6.07) is 5.51. The number of amides is 1. The van der Waals surface area contributed by atoms with E-state index >= 15 is 0 Å². The number of hydrogen-bond acceptors (Lipinski definition) is 1. The van der Waals surface area contributed by atoms with E-state index in [2.05, 4.69) is 5.32 Å². The van der Waals surface area contributed by atoms with E-state index in [0.29, 0.717) is 11.4 Å². The van der Waals surface area contributed by atoms with Crippen LogP contribution >= 0.6 is 11.6 Å². The number of alkyl halides is 1. The topological polar surface area (TPSA) is 29.1 Å². The summed E-state index contributed by atoms with van der Waals surface area (Å²) in [5, 5.41) is 2.72. The normalized spacial score (nSPS) is 12.2. The molecule has 1 amide bonds. The maximum Gasteiger partial charge on any atom is 0.251 e. The quantitative estimate of drug-likeness (QED) is 0.790. The van der Waals surface area contributed by atoms with Crippen molar-refractivity contribution in [1.29, 1.82) is 0 Å². The highest BCUT2D eigenvalue weighted by Crippen LogP contribution is 2.04. The van der Waals surface area contributed by atoms with Gasteiger partial charge < -0.3 is 5.32 Å². The number of benzene rings is 1. The highest BCUT2D eigenvalue weighted by molar-refractivity contribution is 6.18. The maximum atomic E-state index is 12.8. The lowest BCUT2D eigenvalue weighted by Crippen LogP contribution is -2.35. The SMILES string of the molecule is CCC(CCl)NC(=O)c1cccc(F)c1. The lowest BCUT2D eigenvalue weighted by Gasteiger charge is -2.13. The molecule has 0 aliphatic carbocycles. The molecule has 1 aromatic carbocycles. The van der Waals surface area contributed by atoms with E-state index in [1.54, 1.807) is 6.07 Å². The van der Waals surface area contributed by atoms with Gasteiger partial charge in [-0.15, -0.1) is 11.6 Å². The first-order valence-electron chi connectivity index (χ1n) is 4.79. The first kappa shape index (κ1) is 12.0. The number of hydrogen-bond donors (Lipinski definition) is 1. The monoisotopic (exact) mass is 229 g/mol. The lowest BCUT2D eigenvalue weighted by atomic mass is 10.2. The average molecular weight is 230 g/mol. The molecule has 1 atom stereocenters. The molecule has 0 radical (unpaired) electrons. The molecule has 1 N–H and O–H groups in total. The van der Waals surface area contributed by atoms with Gasteiger partial charge in [-0.2, -0.15) is 0 Å². The number of halogens is 2. The second kappa shape index (κ2) is 5.71. The molecule has 0 saturated heterocycles. The van der Waals surface area contributed by atoms with Gasteiger partial charge in [0.15, 0.2) is 0 Å². The Morgan fingerprint density at radius 2 is 2.33 bits per heavy atom. The van der Waals surface area contributed by atoms with Crippen molar-refractivity contribution in [3.05, 3.63) is 35.6 Å². The van der Waals surface area contributed by atoms with Crippen LogP contribution in [0.4, 0.5) is 4.39 Å². The summed E-state index contributed by atoms with van der Waals surface area (Å²) >= 11 is 5.64. The van der Waals surface area contributed by atoms with Gasteiger partial charge in [0.25, 0.3) is 5.91 Å². The van der Waals surface area contributed by atoms with Crippen LogP contribution in [0.25, 0.3) is 0 Å². The predicted molar refractivity (Wildman–Crippen MR) is 58.7 cm³/mol. The van der Waals surface area contributed by atoms with Crippen molar-refractivity contribution >= 4 is 17.5 Å². The largest absolute Gasteiger partial charge is 0.348 e. The minimum absolute atomic E-state index is 0.0672. The molecule has 15 heavy (non-hydrogen) atoms. The Labute approximate surface area is 93.4 Å². The van der Waals surface area contributed by atoms with Gasteiger partial charge in [-0.1, -0.05) is 13.0 Å². The molecule has 0 saturated carbocycles. The fourth-order valence-corrected chi connectivity index (χ4v) is 1.44. The minimum atomic E-state index is -0.415. The average Bonchev–Trinajstić information content (AvgIpc) is 2.25. The van der Waals surface area contributed by atoms with Crippen molar-refractivity contribution in [2.45, 2.75) is 19.4 Å². The Bertz CT molecular complexity index is 339. The zero-order valence-corrected chi connectivity index (χ0v) is 9.22. The summed E-state index contributed by atoms with van der Waals surface area (Å²) in [5.41, 5.74) is 0.318. The molecule has 0 fully saturated rings. The molecule has 4 heteroatoms. The number of carbonyl (C=O) groups is 1. The molecule has 1 aromatic rings. The standard InChI is InChI=1S/C11H13ClFNO/c1-2-10(7-12)14-11(15)8-4-3-5-9(13)6-8/h3-6,10H,2,7H2,1H3,(H,14,15). The zero-order chi connectivity index (χ0) is 11.3. The second-order valence-corrected chi connectivity index (χ2v) is 3.55. The third kappa shape index (κ3) is 3.51. The van der Waals surface area contributed by atoms with Crippen LogP contribution in [0.2, 0.25) is 0 Å². The molecule has 0 aromatic heterocycles. The van der Waals surface area contributed by atoms with Crippen molar-refractivity contribution in [1.82, 2.24) is 5.32 Å². The van der Waals surface area contributed by atoms with Crippen LogP contribution in [-0.4, -0.2) is 17.8 Å². The summed E-state index contributed by atoms with van der Waals surface area (Å²) in [7, 11) is 0. The Morgan fingerprint density at radius 3 is 2.87 bits per heavy atom. The molecule has 2 nitrogen and oxygen atoms in total. The van der Waals surface area contributed by atoms with Crippen LogP contribution < -0.4 is 5.32 Å². The Hall–Kier alpha value is -1.09. The molecule has 0 aliphatic heterocycles. The highest BCUT2D eigenvalue weighted by Gasteiger charge is 2.11. The van der Waals surface area contributed by atoms with E-state index in [0.717, 1.165) is 6.42 Å². The summed E-state index contributed by atoms with van der Waals surface area (Å²) in [4.78, 5) is 11.6. The van der Waals surface area contributed by atoms with E-state index in [4.69, 9.17) is 11.6 Å². The van der Waals surface area contributed by atoms with Crippen molar-refractivity contribution in [2.75, 3.05) is 5.88 Å². The van der Waals surface area contributed by atoms with Crippen molar-refractivity contribution < 1.29 is 9.18 Å². The van der Waals surface area contributed by atoms with Crippen LogP contribution in [0, 0.1) is 5.82 Å². The number of carbonyl (C=O) groups excluding carboxylic acids is 1.